The summed E-state index contributed by atoms with van der Waals surface area (Å²) in [5, 5.41) is 12.1. The van der Waals surface area contributed by atoms with Gasteiger partial charge in [-0.1, -0.05) is 0 Å². The van der Waals surface area contributed by atoms with Crippen LogP contribution in [0.4, 0.5) is 0 Å². The molecule has 14 heavy (non-hydrogen) atoms. The number of nitrogens with one attached hydrogen (secondary N) is 1. The molecule has 4 nitrogen and oxygen atoms in total. The monoisotopic (exact) mass is 221 g/mol. The molecule has 0 aromatic rings. The van der Waals surface area contributed by atoms with Crippen molar-refractivity contribution in [2.75, 3.05) is 6.61 Å². The summed E-state index contributed by atoms with van der Waals surface area (Å²) >= 11 is 0. The van der Waals surface area contributed by atoms with E-state index in [-0.39, 0.29) is 80.0 Å². The molecule has 0 spiro atoms. The molecule has 1 fully saturated rings. The molecule has 0 aliphatic carbocycles. The van der Waals surface area contributed by atoms with Gasteiger partial charge < -0.3 is 18.0 Å². The third kappa shape index (κ3) is 6.08. The van der Waals surface area contributed by atoms with E-state index in [4.69, 9.17) is 4.74 Å². The van der Waals surface area contributed by atoms with E-state index in [1.807, 2.05) is 6.92 Å². The predicted octanol–water partition coefficient (Wildman–Crippen LogP) is -6.11. The Balaban J connectivity index is -0.000000180. The second-order valence-corrected chi connectivity index (χ2v) is 3.25. The predicted molar refractivity (Wildman–Crippen MR) is 45.9 cm³/mol. The molecule has 1 heterocycles. The molecule has 0 aromatic heterocycles. The third-order valence-corrected chi connectivity index (χ3v) is 1.99. The standard InChI is InChI=1S/C8H15NO3.2Na.2H/c1-5-3-7(9-6(2)10)8(11)4-12-5;;;;/h5,7-8,11H,3-4H2,1-2H3,(H,9,10);;;;/q;2*+1;2*-1/t5-,7-,8+;;;;/m1..../s1. The van der Waals surface area contributed by atoms with Crippen LogP contribution in [0.1, 0.15) is 23.1 Å². The largest absolute Gasteiger partial charge is 1.00 e. The van der Waals surface area contributed by atoms with Gasteiger partial charge in [0.1, 0.15) is 0 Å². The van der Waals surface area contributed by atoms with Crippen LogP contribution in [0.5, 0.6) is 0 Å². The van der Waals surface area contributed by atoms with Gasteiger partial charge in [-0.3, -0.25) is 4.79 Å². The first kappa shape index (κ1) is 17.8. The Morgan fingerprint density at radius 2 is 2.14 bits per heavy atom. The van der Waals surface area contributed by atoms with E-state index in [0.717, 1.165) is 0 Å². The summed E-state index contributed by atoms with van der Waals surface area (Å²) in [6.07, 6.45) is 0.233. The number of amides is 1. The van der Waals surface area contributed by atoms with Crippen LogP contribution in [-0.4, -0.2) is 35.9 Å². The Morgan fingerprint density at radius 3 is 2.64 bits per heavy atom. The van der Waals surface area contributed by atoms with Gasteiger partial charge in [0.2, 0.25) is 5.91 Å². The zero-order valence-corrected chi connectivity index (χ0v) is 13.4. The van der Waals surface area contributed by atoms with Crippen molar-refractivity contribution in [2.45, 2.75) is 38.5 Å². The summed E-state index contributed by atoms with van der Waals surface area (Å²) in [6.45, 7) is 3.69. The first-order chi connectivity index (χ1) is 5.59. The molecule has 6 heteroatoms. The topological polar surface area (TPSA) is 58.6 Å². The van der Waals surface area contributed by atoms with E-state index in [0.29, 0.717) is 13.0 Å². The first-order valence-electron chi connectivity index (χ1n) is 4.16. The zero-order valence-electron chi connectivity index (χ0n) is 11.4. The zero-order chi connectivity index (χ0) is 9.14. The number of carbonyl (C=O) groups excluding carboxylic acids is 1. The van der Waals surface area contributed by atoms with Crippen LogP contribution < -0.4 is 64.4 Å². The molecule has 1 saturated heterocycles. The van der Waals surface area contributed by atoms with Crippen molar-refractivity contribution in [2.24, 2.45) is 0 Å². The summed E-state index contributed by atoms with van der Waals surface area (Å²) in [6, 6.07) is -0.147. The first-order valence-corrected chi connectivity index (χ1v) is 4.16. The van der Waals surface area contributed by atoms with Crippen molar-refractivity contribution in [3.8, 4) is 0 Å². The Bertz CT molecular complexity index is 189. The van der Waals surface area contributed by atoms with Gasteiger partial charge in [0.15, 0.2) is 0 Å². The smallest absolute Gasteiger partial charge is 1.00 e. The summed E-state index contributed by atoms with van der Waals surface area (Å²) in [4.78, 5) is 10.7. The second-order valence-electron chi connectivity index (χ2n) is 3.25. The Hall–Kier alpha value is 1.39. The number of carbonyl (C=O) groups is 1. The number of hydrogen-bond acceptors (Lipinski definition) is 3. The molecule has 1 aliphatic heterocycles. The van der Waals surface area contributed by atoms with Gasteiger partial charge >= 0.3 is 59.1 Å². The number of hydrogen-bond donors (Lipinski definition) is 2. The van der Waals surface area contributed by atoms with E-state index in [2.05, 4.69) is 5.32 Å². The molecule has 3 atom stereocenters. The van der Waals surface area contributed by atoms with Crippen molar-refractivity contribution in [3.63, 3.8) is 0 Å². The average molecular weight is 221 g/mol. The minimum Gasteiger partial charge on any atom is -1.00 e. The van der Waals surface area contributed by atoms with Crippen LogP contribution in [0.25, 0.3) is 0 Å². The molecule has 1 amide bonds. The molecule has 74 valence electrons. The SMILES string of the molecule is CC(=O)N[C@@H]1C[C@@H](C)OC[C@@H]1O.[H-].[H-].[Na+].[Na+]. The third-order valence-electron chi connectivity index (χ3n) is 1.99. The quantitative estimate of drug-likeness (QED) is 0.433. The van der Waals surface area contributed by atoms with E-state index < -0.39 is 6.10 Å². The van der Waals surface area contributed by atoms with Gasteiger partial charge in [0, 0.05) is 6.92 Å². The van der Waals surface area contributed by atoms with Crippen molar-refractivity contribution in [3.05, 3.63) is 0 Å². The Labute approximate surface area is 132 Å². The molecule has 0 saturated carbocycles. The molecule has 1 rings (SSSR count). The fourth-order valence-electron chi connectivity index (χ4n) is 1.38. The molecule has 0 unspecified atom stereocenters. The fraction of sp³-hybridized carbons (Fsp3) is 0.875. The number of aliphatic hydroxyl groups is 1. The van der Waals surface area contributed by atoms with Crippen LogP contribution in [-0.2, 0) is 9.53 Å². The van der Waals surface area contributed by atoms with Gasteiger partial charge in [-0.15, -0.1) is 0 Å². The summed E-state index contributed by atoms with van der Waals surface area (Å²) in [5.74, 6) is -0.104. The molecule has 2 N–H and O–H groups in total. The molecular weight excluding hydrogens is 204 g/mol. The van der Waals surface area contributed by atoms with Crippen molar-refractivity contribution in [1.29, 1.82) is 0 Å². The van der Waals surface area contributed by atoms with Gasteiger partial charge in [-0.25, -0.2) is 0 Å². The normalized spacial score (nSPS) is 30.9. The van der Waals surface area contributed by atoms with Crippen LogP contribution >= 0.6 is 0 Å². The maximum atomic E-state index is 10.7. The van der Waals surface area contributed by atoms with Crippen LogP contribution in [0.2, 0.25) is 0 Å². The summed E-state index contributed by atoms with van der Waals surface area (Å²) in [7, 11) is 0. The molecule has 0 radical (unpaired) electrons. The van der Waals surface area contributed by atoms with Crippen LogP contribution in [0.15, 0.2) is 0 Å². The van der Waals surface area contributed by atoms with Crippen LogP contribution in [0, 0.1) is 0 Å². The number of rotatable bonds is 1. The van der Waals surface area contributed by atoms with E-state index >= 15 is 0 Å². The van der Waals surface area contributed by atoms with E-state index in [9.17, 15) is 9.90 Å². The van der Waals surface area contributed by atoms with E-state index in [1.54, 1.807) is 0 Å². The molecular formula is C8H17NNa2O3. The minimum absolute atomic E-state index is 0. The fourth-order valence-corrected chi connectivity index (χ4v) is 1.38. The maximum absolute atomic E-state index is 10.7. The number of aliphatic hydroxyl groups excluding tert-OH is 1. The van der Waals surface area contributed by atoms with Gasteiger partial charge in [0.25, 0.3) is 0 Å². The van der Waals surface area contributed by atoms with E-state index in [1.165, 1.54) is 6.92 Å². The molecule has 0 aromatic carbocycles. The summed E-state index contributed by atoms with van der Waals surface area (Å²) in [5.41, 5.74) is 0. The van der Waals surface area contributed by atoms with Gasteiger partial charge in [0.05, 0.1) is 24.9 Å². The van der Waals surface area contributed by atoms with Crippen molar-refractivity contribution >= 4 is 5.91 Å². The van der Waals surface area contributed by atoms with Crippen LogP contribution in [0.3, 0.4) is 0 Å². The molecule has 0 bridgehead atoms. The van der Waals surface area contributed by atoms with Gasteiger partial charge in [-0.2, -0.15) is 0 Å². The Kier molecular flexibility index (Phi) is 10.8. The van der Waals surface area contributed by atoms with Crippen molar-refractivity contribution in [1.82, 2.24) is 5.32 Å². The van der Waals surface area contributed by atoms with Gasteiger partial charge in [-0.05, 0) is 13.3 Å². The Morgan fingerprint density at radius 1 is 1.57 bits per heavy atom. The molecule has 1 aliphatic rings. The second kappa shape index (κ2) is 8.53. The minimum atomic E-state index is -0.565. The van der Waals surface area contributed by atoms with Crippen molar-refractivity contribution < 1.29 is 76.6 Å². The summed E-state index contributed by atoms with van der Waals surface area (Å²) < 4.78 is 5.20. The average Bonchev–Trinajstić information content (AvgIpc) is 1.96. The maximum Gasteiger partial charge on any atom is 1.00 e. The number of ether oxygens (including phenoxy) is 1.